The molecule has 2 aromatic rings. The summed E-state index contributed by atoms with van der Waals surface area (Å²) >= 11 is 0. The van der Waals surface area contributed by atoms with Gasteiger partial charge in [-0.15, -0.1) is 0 Å². The number of urea groups is 1. The van der Waals surface area contributed by atoms with Crippen molar-refractivity contribution in [2.75, 3.05) is 26.2 Å². The number of carbonyl (C=O) groups excluding carboxylic acids is 2. The van der Waals surface area contributed by atoms with Crippen LogP contribution in [0.25, 0.3) is 11.0 Å². The minimum Gasteiger partial charge on any atom is -0.448 e. The molecule has 1 N–H and O–H groups in total. The van der Waals surface area contributed by atoms with Crippen molar-refractivity contribution < 1.29 is 18.4 Å². The zero-order valence-corrected chi connectivity index (χ0v) is 14.0. The fourth-order valence-electron chi connectivity index (χ4n) is 3.77. The van der Waals surface area contributed by atoms with Crippen LogP contribution in [0.4, 0.5) is 9.18 Å². The van der Waals surface area contributed by atoms with Crippen LogP contribution in [0.2, 0.25) is 0 Å². The van der Waals surface area contributed by atoms with Gasteiger partial charge in [-0.3, -0.25) is 4.79 Å². The van der Waals surface area contributed by atoms with E-state index < -0.39 is 5.82 Å². The van der Waals surface area contributed by atoms with Gasteiger partial charge in [0.25, 0.3) is 5.91 Å². The Morgan fingerprint density at radius 1 is 1.28 bits per heavy atom. The zero-order chi connectivity index (χ0) is 17.6. The van der Waals surface area contributed by atoms with Crippen LogP contribution in [0.15, 0.2) is 22.6 Å². The number of nitrogens with zero attached hydrogens (tertiary/aromatic N) is 2. The molecule has 3 heterocycles. The molecule has 2 aliphatic rings. The highest BCUT2D eigenvalue weighted by molar-refractivity contribution is 5.99. The van der Waals surface area contributed by atoms with E-state index in [9.17, 15) is 14.0 Å². The predicted molar refractivity (Wildman–Crippen MR) is 89.9 cm³/mol. The summed E-state index contributed by atoms with van der Waals surface area (Å²) < 4.78 is 19.4. The predicted octanol–water partition coefficient (Wildman–Crippen LogP) is 2.51. The van der Waals surface area contributed by atoms with Crippen molar-refractivity contribution in [2.24, 2.45) is 0 Å². The average Bonchev–Trinajstić information content (AvgIpc) is 3.19. The lowest BCUT2D eigenvalue weighted by molar-refractivity contribution is 0.0636. The number of amides is 3. The maximum Gasteiger partial charge on any atom is 0.317 e. The summed E-state index contributed by atoms with van der Waals surface area (Å²) in [4.78, 5) is 28.2. The molecule has 0 spiro atoms. The summed E-state index contributed by atoms with van der Waals surface area (Å²) in [5, 5.41) is 3.44. The van der Waals surface area contributed by atoms with E-state index in [4.69, 9.17) is 4.42 Å². The lowest BCUT2D eigenvalue weighted by Crippen LogP contribution is -2.47. The van der Waals surface area contributed by atoms with Crippen LogP contribution in [0, 0.1) is 12.7 Å². The van der Waals surface area contributed by atoms with Crippen LogP contribution in [-0.4, -0.2) is 54.0 Å². The topological polar surface area (TPSA) is 65.8 Å². The number of carbonyl (C=O) groups is 2. The van der Waals surface area contributed by atoms with Gasteiger partial charge in [0.05, 0.1) is 0 Å². The first-order valence-electron chi connectivity index (χ1n) is 8.57. The maximum atomic E-state index is 13.9. The van der Waals surface area contributed by atoms with Crippen molar-refractivity contribution in [1.82, 2.24) is 15.1 Å². The summed E-state index contributed by atoms with van der Waals surface area (Å²) in [5.74, 6) is -0.465. The van der Waals surface area contributed by atoms with E-state index in [-0.39, 0.29) is 29.3 Å². The second-order valence-electron chi connectivity index (χ2n) is 6.62. The second kappa shape index (κ2) is 6.06. The lowest BCUT2D eigenvalue weighted by atomic mass is 10.0. The van der Waals surface area contributed by atoms with Crippen LogP contribution >= 0.6 is 0 Å². The normalized spacial score (nSPS) is 18.9. The fraction of sp³-hybridized carbons (Fsp3) is 0.444. The second-order valence-corrected chi connectivity index (χ2v) is 6.62. The molecule has 7 heteroatoms. The molecule has 1 aromatic carbocycles. The Hall–Kier alpha value is -2.57. The van der Waals surface area contributed by atoms with Gasteiger partial charge in [0, 0.05) is 43.2 Å². The minimum absolute atomic E-state index is 0.0200. The lowest BCUT2D eigenvalue weighted by Gasteiger charge is -2.35. The van der Waals surface area contributed by atoms with Crippen LogP contribution in [0.5, 0.6) is 0 Å². The molecule has 0 atom stereocenters. The number of nitrogens with one attached hydrogen (secondary N) is 1. The molecule has 1 aromatic heterocycles. The molecule has 25 heavy (non-hydrogen) atoms. The van der Waals surface area contributed by atoms with E-state index in [2.05, 4.69) is 5.32 Å². The summed E-state index contributed by atoms with van der Waals surface area (Å²) in [6.45, 7) is 4.31. The average molecular weight is 345 g/mol. The Morgan fingerprint density at radius 2 is 2.04 bits per heavy atom. The van der Waals surface area contributed by atoms with Gasteiger partial charge >= 0.3 is 6.03 Å². The van der Waals surface area contributed by atoms with Crippen LogP contribution < -0.4 is 5.32 Å². The largest absolute Gasteiger partial charge is 0.448 e. The van der Waals surface area contributed by atoms with E-state index in [0.717, 1.165) is 19.4 Å². The van der Waals surface area contributed by atoms with Crippen LogP contribution in [0.3, 0.4) is 0 Å². The van der Waals surface area contributed by atoms with Gasteiger partial charge in [-0.25, -0.2) is 9.18 Å². The molecule has 0 saturated carbocycles. The van der Waals surface area contributed by atoms with Gasteiger partial charge in [0.15, 0.2) is 17.2 Å². The van der Waals surface area contributed by atoms with Crippen molar-refractivity contribution in [3.63, 3.8) is 0 Å². The monoisotopic (exact) mass is 345 g/mol. The van der Waals surface area contributed by atoms with Crippen molar-refractivity contribution in [1.29, 1.82) is 0 Å². The first kappa shape index (κ1) is 15.9. The van der Waals surface area contributed by atoms with Gasteiger partial charge in [-0.2, -0.15) is 0 Å². The number of benzene rings is 1. The minimum atomic E-state index is -0.460. The molecule has 132 valence electrons. The Kier molecular flexibility index (Phi) is 3.86. The number of fused-ring (bicyclic) bond motifs is 1. The van der Waals surface area contributed by atoms with E-state index in [1.807, 2.05) is 4.90 Å². The molecule has 2 fully saturated rings. The van der Waals surface area contributed by atoms with Gasteiger partial charge in [0.2, 0.25) is 0 Å². The van der Waals surface area contributed by atoms with E-state index in [1.54, 1.807) is 24.0 Å². The first-order valence-corrected chi connectivity index (χ1v) is 8.57. The third-order valence-corrected chi connectivity index (χ3v) is 5.19. The van der Waals surface area contributed by atoms with Crippen molar-refractivity contribution in [3.8, 4) is 0 Å². The van der Waals surface area contributed by atoms with Crippen molar-refractivity contribution in [3.05, 3.63) is 35.3 Å². The third kappa shape index (κ3) is 2.63. The van der Waals surface area contributed by atoms with Gasteiger partial charge in [-0.1, -0.05) is 12.1 Å². The number of aryl methyl sites for hydroxylation is 1. The maximum absolute atomic E-state index is 13.9. The van der Waals surface area contributed by atoms with E-state index in [0.29, 0.717) is 30.6 Å². The van der Waals surface area contributed by atoms with Crippen LogP contribution in [-0.2, 0) is 0 Å². The molecule has 0 bridgehead atoms. The number of rotatable bonds is 2. The first-order chi connectivity index (χ1) is 12.1. The molecule has 2 saturated heterocycles. The number of likely N-dealkylation sites (tertiary alicyclic amines) is 1. The molecular weight excluding hydrogens is 325 g/mol. The number of halogens is 1. The number of hydrogen-bond donors (Lipinski definition) is 1. The summed E-state index contributed by atoms with van der Waals surface area (Å²) in [6.07, 6.45) is 1.49. The third-order valence-electron chi connectivity index (χ3n) is 5.19. The molecule has 6 nitrogen and oxygen atoms in total. The summed E-state index contributed by atoms with van der Waals surface area (Å²) in [7, 11) is 0. The molecule has 0 aliphatic carbocycles. The number of para-hydroxylation sites is 1. The molecule has 0 unspecified atom stereocenters. The Bertz CT molecular complexity index is 839. The molecule has 0 radical (unpaired) electrons. The molecule has 4 rings (SSSR count). The zero-order valence-electron chi connectivity index (χ0n) is 14.0. The summed E-state index contributed by atoms with van der Waals surface area (Å²) in [5.41, 5.74) is 0.799. The smallest absolute Gasteiger partial charge is 0.317 e. The fourth-order valence-corrected chi connectivity index (χ4v) is 3.77. The van der Waals surface area contributed by atoms with Gasteiger partial charge in [0.1, 0.15) is 0 Å². The Morgan fingerprint density at radius 3 is 2.68 bits per heavy atom. The SMILES string of the molecule is Cc1c(C(=O)N2CCC(N3CCNC3=O)CC2)oc2c(F)cccc12. The number of piperidine rings is 1. The van der Waals surface area contributed by atoms with Gasteiger partial charge < -0.3 is 19.5 Å². The standard InChI is InChI=1S/C18H20FN3O3/c1-11-13-3-2-4-14(19)16(13)25-15(11)17(23)21-8-5-12(6-9-21)22-10-7-20-18(22)24/h2-4,12H,5-10H2,1H3,(H,20,24). The highest BCUT2D eigenvalue weighted by atomic mass is 19.1. The van der Waals surface area contributed by atoms with Gasteiger partial charge in [-0.05, 0) is 25.8 Å². The Labute approximate surface area is 144 Å². The number of furan rings is 1. The van der Waals surface area contributed by atoms with Crippen molar-refractivity contribution in [2.45, 2.75) is 25.8 Å². The van der Waals surface area contributed by atoms with E-state index >= 15 is 0 Å². The van der Waals surface area contributed by atoms with E-state index in [1.165, 1.54) is 6.07 Å². The Balaban J connectivity index is 1.50. The summed E-state index contributed by atoms with van der Waals surface area (Å²) in [6, 6.07) is 4.84. The highest BCUT2D eigenvalue weighted by Crippen LogP contribution is 2.29. The van der Waals surface area contributed by atoms with Crippen LogP contribution in [0.1, 0.15) is 29.0 Å². The molecular formula is C18H20FN3O3. The number of hydrogen-bond acceptors (Lipinski definition) is 3. The quantitative estimate of drug-likeness (QED) is 0.909. The highest BCUT2D eigenvalue weighted by Gasteiger charge is 2.33. The van der Waals surface area contributed by atoms with Crippen molar-refractivity contribution >= 4 is 22.9 Å². The molecule has 2 aliphatic heterocycles. The molecule has 3 amide bonds.